The highest BCUT2D eigenvalue weighted by atomic mass is 32.2. The van der Waals surface area contributed by atoms with Crippen molar-refractivity contribution >= 4 is 51.8 Å². The van der Waals surface area contributed by atoms with Gasteiger partial charge in [-0.25, -0.2) is 39.5 Å². The summed E-state index contributed by atoms with van der Waals surface area (Å²) in [5.41, 5.74) is 3.49. The van der Waals surface area contributed by atoms with Gasteiger partial charge in [0.2, 0.25) is 10.0 Å². The Morgan fingerprint density at radius 2 is 1.03 bits per heavy atom. The highest BCUT2D eigenvalue weighted by molar-refractivity contribution is 7.93. The number of piperidine rings is 2. The third-order valence-corrected chi connectivity index (χ3v) is 19.6. The maximum absolute atomic E-state index is 13.7. The number of fused-ring (bicyclic) bond motifs is 2. The molecular weight excluding hydrogens is 849 g/mol. The smallest absolute Gasteiger partial charge is 0.211 e. The standard InChI is InChI=1S/C23H35N3O5S2.C22H33N3O3S/c1-22(2,3)14-21-24-19-13-18(7-8-20(19)26(21)15-17-5-6-17)33(30,31)23(16-27)9-11-25(12-10-23)32(4,28)29;1-21(2,3)13-20-24-18-12-17(6-7-19(18)25(20)14-16-4-5-16)29(27,28)22(15-26)8-10-23-11-9-22/h7-8,13,17,27H,5-6,9-12,14-16H2,1-4H3;6-7,12,16,23,26H,4-5,8-11,13-15H2,1-3H3. The van der Waals surface area contributed by atoms with Crippen LogP contribution in [0.3, 0.4) is 0 Å². The van der Waals surface area contributed by atoms with Crippen molar-refractivity contribution in [2.75, 3.05) is 45.6 Å². The predicted octanol–water partition coefficient (Wildman–Crippen LogP) is 5.52. The molecule has 4 fully saturated rings. The van der Waals surface area contributed by atoms with Gasteiger partial charge >= 0.3 is 0 Å². The summed E-state index contributed by atoms with van der Waals surface area (Å²) in [4.78, 5) is 10.1. The van der Waals surface area contributed by atoms with Gasteiger partial charge in [0.15, 0.2) is 19.7 Å². The third kappa shape index (κ3) is 9.83. The first kappa shape index (κ1) is 47.0. The molecule has 0 spiro atoms. The second-order valence-electron chi connectivity index (χ2n) is 21.0. The lowest BCUT2D eigenvalue weighted by atomic mass is 9.92. The van der Waals surface area contributed by atoms with Gasteiger partial charge in [0, 0.05) is 39.0 Å². The molecule has 62 heavy (non-hydrogen) atoms. The predicted molar refractivity (Wildman–Crippen MR) is 243 cm³/mol. The zero-order chi connectivity index (χ0) is 45.1. The molecule has 0 atom stereocenters. The Bertz CT molecular complexity index is 2600. The van der Waals surface area contributed by atoms with Gasteiger partial charge in [-0.3, -0.25) is 0 Å². The second-order valence-corrected chi connectivity index (χ2v) is 27.7. The number of aromatic nitrogens is 4. The highest BCUT2D eigenvalue weighted by Gasteiger charge is 2.48. The van der Waals surface area contributed by atoms with Crippen molar-refractivity contribution in [2.24, 2.45) is 22.7 Å². The molecular formula is C45H68N6O8S3. The molecule has 4 aromatic rings. The van der Waals surface area contributed by atoms with E-state index in [4.69, 9.17) is 9.97 Å². The Labute approximate surface area is 368 Å². The summed E-state index contributed by atoms with van der Waals surface area (Å²) < 4.78 is 81.4. The molecule has 0 unspecified atom stereocenters. The van der Waals surface area contributed by atoms with E-state index in [0.29, 0.717) is 43.3 Å². The average Bonchev–Trinajstić information content (AvgIpc) is 4.14. The average molecular weight is 917 g/mol. The van der Waals surface area contributed by atoms with E-state index < -0.39 is 45.8 Å². The SMILES string of the molecule is CC(C)(C)Cc1nc2cc(S(=O)(=O)C3(CO)CCN(S(C)(=O)=O)CC3)ccc2n1CC1CC1.CC(C)(C)Cc1nc2cc(S(=O)(=O)C3(CO)CCNCC3)ccc2n1CC1CC1. The van der Waals surface area contributed by atoms with Gasteiger partial charge in [0.25, 0.3) is 0 Å². The summed E-state index contributed by atoms with van der Waals surface area (Å²) in [5.74, 6) is 3.37. The van der Waals surface area contributed by atoms with Crippen LogP contribution in [-0.2, 0) is 55.6 Å². The van der Waals surface area contributed by atoms with Gasteiger partial charge in [-0.2, -0.15) is 0 Å². The molecule has 2 aromatic carbocycles. The van der Waals surface area contributed by atoms with E-state index in [1.54, 1.807) is 24.3 Å². The van der Waals surface area contributed by atoms with Crippen molar-refractivity contribution in [3.63, 3.8) is 0 Å². The van der Waals surface area contributed by atoms with Crippen LogP contribution >= 0.6 is 0 Å². The molecule has 344 valence electrons. The molecule has 2 aromatic heterocycles. The number of benzene rings is 2. The number of imidazole rings is 2. The number of sulfone groups is 2. The Morgan fingerprint density at radius 3 is 1.37 bits per heavy atom. The van der Waals surface area contributed by atoms with E-state index in [2.05, 4.69) is 56.0 Å². The van der Waals surface area contributed by atoms with Gasteiger partial charge < -0.3 is 24.7 Å². The fourth-order valence-electron chi connectivity index (χ4n) is 9.03. The minimum absolute atomic E-state index is 0.0477. The molecule has 2 aliphatic heterocycles. The maximum atomic E-state index is 13.7. The molecule has 4 heterocycles. The molecule has 2 aliphatic carbocycles. The number of hydrogen-bond donors (Lipinski definition) is 3. The highest BCUT2D eigenvalue weighted by Crippen LogP contribution is 2.40. The van der Waals surface area contributed by atoms with Crippen molar-refractivity contribution in [3.05, 3.63) is 48.0 Å². The van der Waals surface area contributed by atoms with E-state index in [0.717, 1.165) is 60.4 Å². The van der Waals surface area contributed by atoms with Crippen LogP contribution in [-0.4, -0.2) is 114 Å². The molecule has 3 N–H and O–H groups in total. The van der Waals surface area contributed by atoms with Gasteiger partial charge in [-0.1, -0.05) is 41.5 Å². The maximum Gasteiger partial charge on any atom is 0.211 e. The number of rotatable bonds is 13. The van der Waals surface area contributed by atoms with E-state index in [9.17, 15) is 35.5 Å². The zero-order valence-electron chi connectivity index (χ0n) is 37.7. The van der Waals surface area contributed by atoms with Gasteiger partial charge in [-0.15, -0.1) is 0 Å². The lowest BCUT2D eigenvalue weighted by molar-refractivity contribution is 0.186. The van der Waals surface area contributed by atoms with Crippen LogP contribution in [0.5, 0.6) is 0 Å². The normalized spacial score (nSPS) is 20.3. The van der Waals surface area contributed by atoms with Crippen molar-refractivity contribution in [1.29, 1.82) is 0 Å². The van der Waals surface area contributed by atoms with E-state index >= 15 is 0 Å². The van der Waals surface area contributed by atoms with Crippen LogP contribution in [0.1, 0.15) is 105 Å². The summed E-state index contributed by atoms with van der Waals surface area (Å²) in [6, 6.07) is 10.4. The van der Waals surface area contributed by atoms with Crippen molar-refractivity contribution in [2.45, 2.75) is 138 Å². The molecule has 0 amide bonds. The summed E-state index contributed by atoms with van der Waals surface area (Å²) >= 11 is 0. The van der Waals surface area contributed by atoms with E-state index in [1.807, 2.05) is 12.1 Å². The lowest BCUT2D eigenvalue weighted by Gasteiger charge is -2.39. The fraction of sp³-hybridized carbons (Fsp3) is 0.689. The molecule has 8 rings (SSSR count). The number of aliphatic hydroxyl groups excluding tert-OH is 2. The van der Waals surface area contributed by atoms with Crippen LogP contribution in [0.15, 0.2) is 46.2 Å². The van der Waals surface area contributed by atoms with Crippen LogP contribution in [0.4, 0.5) is 0 Å². The Hall–Kier alpha value is -2.93. The minimum Gasteiger partial charge on any atom is -0.395 e. The first-order chi connectivity index (χ1) is 28.9. The van der Waals surface area contributed by atoms with E-state index in [1.165, 1.54) is 30.0 Å². The molecule has 4 aliphatic rings. The Morgan fingerprint density at radius 1 is 0.645 bits per heavy atom. The van der Waals surface area contributed by atoms with Gasteiger partial charge in [0.05, 0.1) is 51.3 Å². The van der Waals surface area contributed by atoms with Crippen LogP contribution in [0.25, 0.3) is 22.1 Å². The molecule has 2 saturated heterocycles. The quantitative estimate of drug-likeness (QED) is 0.153. The molecule has 0 bridgehead atoms. The van der Waals surface area contributed by atoms with E-state index in [-0.39, 0.29) is 53.2 Å². The molecule has 2 saturated carbocycles. The number of hydrogen-bond acceptors (Lipinski definition) is 11. The third-order valence-electron chi connectivity index (χ3n) is 13.2. The van der Waals surface area contributed by atoms with Gasteiger partial charge in [0.1, 0.15) is 21.1 Å². The minimum atomic E-state index is -3.90. The summed E-state index contributed by atoms with van der Waals surface area (Å²) in [6.45, 7) is 15.4. The number of nitrogens with zero attached hydrogens (tertiary/aromatic N) is 5. The first-order valence-electron chi connectivity index (χ1n) is 22.3. The topological polar surface area (TPSA) is 194 Å². The summed E-state index contributed by atoms with van der Waals surface area (Å²) in [7, 11) is -11.0. The fourth-order valence-corrected chi connectivity index (χ4v) is 13.7. The monoisotopic (exact) mass is 916 g/mol. The largest absolute Gasteiger partial charge is 0.395 e. The molecule has 0 radical (unpaired) electrons. The zero-order valence-corrected chi connectivity index (χ0v) is 40.1. The Kier molecular flexibility index (Phi) is 13.0. The summed E-state index contributed by atoms with van der Waals surface area (Å²) in [6.07, 6.45) is 8.67. The van der Waals surface area contributed by atoms with Crippen molar-refractivity contribution < 1.29 is 35.5 Å². The first-order valence-corrected chi connectivity index (χ1v) is 27.1. The number of sulfonamides is 1. The summed E-state index contributed by atoms with van der Waals surface area (Å²) in [5, 5.41) is 23.4. The second kappa shape index (κ2) is 17.1. The van der Waals surface area contributed by atoms with Crippen LogP contribution in [0.2, 0.25) is 0 Å². The number of nitrogens with one attached hydrogen (secondary N) is 1. The number of aliphatic hydroxyl groups is 2. The molecule has 14 nitrogen and oxygen atoms in total. The van der Waals surface area contributed by atoms with Crippen molar-refractivity contribution in [3.8, 4) is 0 Å². The van der Waals surface area contributed by atoms with Gasteiger partial charge in [-0.05, 0) is 124 Å². The van der Waals surface area contributed by atoms with Crippen molar-refractivity contribution in [1.82, 2.24) is 28.7 Å². The van der Waals surface area contributed by atoms with Crippen LogP contribution in [0, 0.1) is 22.7 Å². The molecule has 17 heteroatoms. The lowest BCUT2D eigenvalue weighted by Crippen LogP contribution is -2.52. The Balaban J connectivity index is 0.000000188. The van der Waals surface area contributed by atoms with Crippen LogP contribution < -0.4 is 5.32 Å².